The Kier molecular flexibility index (Phi) is 74.7. The summed E-state index contributed by atoms with van der Waals surface area (Å²) < 4.78 is 61.2. The number of hydrogen-bond acceptors (Lipinski definition) is 14. The van der Waals surface area contributed by atoms with E-state index in [2.05, 4.69) is 191 Å². The SMILES string of the molecule is CC/C=C\C/C=C\C/C=C\C/C=C\C/C=C\C/C=C\CCCCCCC(=O)OCC(COP(=O)(O)OCC(O)COP(=O)(O)OCC(O)COC(=O)CCCCCCCCCCCCC/C=C\C/C=C\C/C=C\C/C=C\C/C=C\CC)OC(=O)CCCCCCCC/C=C\C/C=C\C/C=C\CCCCC. The minimum atomic E-state index is -4.95. The van der Waals surface area contributed by atoms with Crippen molar-refractivity contribution in [2.75, 3.05) is 39.6 Å². The molecule has 5 unspecified atom stereocenters. The number of allylic oxidation sites excluding steroid dienone is 28. The highest BCUT2D eigenvalue weighted by Gasteiger charge is 2.29. The van der Waals surface area contributed by atoms with Gasteiger partial charge in [-0.25, -0.2) is 9.13 Å². The van der Waals surface area contributed by atoms with Crippen molar-refractivity contribution in [3.05, 3.63) is 170 Å². The molecule has 0 fully saturated rings. The molecule has 18 heteroatoms. The number of phosphoric ester groups is 2. The van der Waals surface area contributed by atoms with E-state index in [1.807, 2.05) is 0 Å². The number of ether oxygens (including phenoxy) is 3. The van der Waals surface area contributed by atoms with Crippen molar-refractivity contribution >= 4 is 33.6 Å². The van der Waals surface area contributed by atoms with Crippen LogP contribution in [0, 0.1) is 0 Å². The lowest BCUT2D eigenvalue weighted by molar-refractivity contribution is -0.161. The summed E-state index contributed by atoms with van der Waals surface area (Å²) in [4.78, 5) is 58.8. The van der Waals surface area contributed by atoms with Gasteiger partial charge in [-0.1, -0.05) is 300 Å². The molecule has 16 nitrogen and oxygen atoms in total. The van der Waals surface area contributed by atoms with Gasteiger partial charge in [0.1, 0.15) is 25.4 Å². The van der Waals surface area contributed by atoms with Crippen molar-refractivity contribution in [2.45, 2.75) is 322 Å². The number of aliphatic hydroxyl groups excluding tert-OH is 2. The number of hydrogen-bond donors (Lipinski definition) is 4. The average molecular weight is 1510 g/mol. The standard InChI is InChI=1S/C87H144O16P2/c1-4-7-10-13-16-19-22-25-28-31-34-36-38-39-40-41-43-45-47-49-52-55-58-61-64-67-70-73-85(90)97-76-82(88)77-99-104(93,94)100-78-83(89)79-101-105(95,96)102-81-84(103-87(92)75-72-69-66-63-60-57-54-51-46-33-30-27-24-21-18-15-12-9-6-3)80-98-86(91)74-71-68-65-62-59-56-53-50-48-44-42-37-35-32-29-26-23-20-17-14-11-8-5-2/h7-8,10-11,16-21,25-30,34-37,39-40,44,46,48,51,53,56,82-84,88-89H,4-6,9,12-15,22-24,31-33,38,41-43,45,47,49-50,52,54-55,57-81H2,1-3H3,(H,93,94)(H,95,96)/b10-7-,11-8-,19-16-,20-17-,21-18-,28-25-,29-26-,30-27-,36-34-,37-35-,40-39-,48-44-,51-46-,56-53-. The zero-order valence-electron chi connectivity index (χ0n) is 65.3. The lowest BCUT2D eigenvalue weighted by Crippen LogP contribution is -2.30. The number of phosphoric acid groups is 2. The molecule has 105 heavy (non-hydrogen) atoms. The summed E-state index contributed by atoms with van der Waals surface area (Å²) in [6.07, 6.45) is 99.6. The van der Waals surface area contributed by atoms with Gasteiger partial charge < -0.3 is 34.2 Å². The van der Waals surface area contributed by atoms with E-state index in [1.54, 1.807) is 0 Å². The van der Waals surface area contributed by atoms with E-state index in [-0.39, 0.29) is 19.3 Å². The van der Waals surface area contributed by atoms with Gasteiger partial charge >= 0.3 is 33.6 Å². The second kappa shape index (κ2) is 78.5. The molecule has 0 aliphatic heterocycles. The van der Waals surface area contributed by atoms with Gasteiger partial charge in [-0.2, -0.15) is 0 Å². The molecule has 0 saturated heterocycles. The van der Waals surface area contributed by atoms with Gasteiger partial charge in [0.2, 0.25) is 0 Å². The fourth-order valence-corrected chi connectivity index (χ4v) is 11.9. The fraction of sp³-hybridized carbons (Fsp3) is 0.644. The summed E-state index contributed by atoms with van der Waals surface area (Å²) in [6, 6.07) is 0. The third-order valence-corrected chi connectivity index (χ3v) is 18.3. The summed E-state index contributed by atoms with van der Waals surface area (Å²) in [5.74, 6) is -1.63. The maximum atomic E-state index is 13.0. The molecule has 5 atom stereocenters. The smallest absolute Gasteiger partial charge is 0.463 e. The minimum Gasteiger partial charge on any atom is -0.463 e. The molecule has 0 aromatic rings. The first-order valence-electron chi connectivity index (χ1n) is 40.4. The van der Waals surface area contributed by atoms with Gasteiger partial charge in [0, 0.05) is 19.3 Å². The number of rotatable bonds is 75. The minimum absolute atomic E-state index is 0.0780. The zero-order valence-corrected chi connectivity index (χ0v) is 67.1. The second-order valence-electron chi connectivity index (χ2n) is 26.5. The molecular weight excluding hydrogens is 1360 g/mol. The van der Waals surface area contributed by atoms with Crippen molar-refractivity contribution < 1.29 is 75.8 Å². The maximum Gasteiger partial charge on any atom is 0.472 e. The summed E-state index contributed by atoms with van der Waals surface area (Å²) in [6.45, 7) is 2.38. The van der Waals surface area contributed by atoms with Crippen LogP contribution in [0.1, 0.15) is 303 Å². The molecule has 0 rings (SSSR count). The topological polar surface area (TPSA) is 231 Å². The number of carbonyl (C=O) groups is 3. The highest BCUT2D eigenvalue weighted by molar-refractivity contribution is 7.47. The van der Waals surface area contributed by atoms with Crippen LogP contribution in [0.4, 0.5) is 0 Å². The molecule has 0 amide bonds. The Hall–Kier alpha value is -5.09. The van der Waals surface area contributed by atoms with E-state index >= 15 is 0 Å². The van der Waals surface area contributed by atoms with Crippen LogP contribution in [0.2, 0.25) is 0 Å². The molecule has 0 spiro atoms. The molecule has 0 aliphatic carbocycles. The summed E-state index contributed by atoms with van der Waals surface area (Å²) in [5, 5.41) is 20.7. The van der Waals surface area contributed by atoms with E-state index in [9.17, 15) is 43.5 Å². The highest BCUT2D eigenvalue weighted by Crippen LogP contribution is 2.45. The van der Waals surface area contributed by atoms with E-state index in [1.165, 1.54) is 57.8 Å². The summed E-state index contributed by atoms with van der Waals surface area (Å²) in [5.41, 5.74) is 0. The Morgan fingerprint density at radius 3 is 0.800 bits per heavy atom. The van der Waals surface area contributed by atoms with Crippen molar-refractivity contribution in [2.24, 2.45) is 0 Å². The largest absolute Gasteiger partial charge is 0.472 e. The van der Waals surface area contributed by atoms with Crippen LogP contribution in [0.3, 0.4) is 0 Å². The van der Waals surface area contributed by atoms with E-state index in [4.69, 9.17) is 32.3 Å². The Balaban J connectivity index is 4.68. The Morgan fingerprint density at radius 1 is 0.276 bits per heavy atom. The first-order chi connectivity index (χ1) is 51.2. The molecule has 0 aliphatic rings. The number of carbonyl (C=O) groups excluding carboxylic acids is 3. The van der Waals surface area contributed by atoms with E-state index in [0.717, 1.165) is 186 Å². The van der Waals surface area contributed by atoms with Crippen LogP contribution in [-0.4, -0.2) is 95.9 Å². The van der Waals surface area contributed by atoms with Crippen LogP contribution < -0.4 is 0 Å². The van der Waals surface area contributed by atoms with E-state index < -0.39 is 91.5 Å². The third-order valence-electron chi connectivity index (χ3n) is 16.4. The van der Waals surface area contributed by atoms with Crippen LogP contribution in [0.15, 0.2) is 170 Å². The van der Waals surface area contributed by atoms with Crippen LogP contribution >= 0.6 is 15.6 Å². The molecule has 0 aromatic carbocycles. The Bertz CT molecular complexity index is 2590. The number of esters is 3. The van der Waals surface area contributed by atoms with E-state index in [0.29, 0.717) is 19.3 Å². The molecule has 0 heterocycles. The van der Waals surface area contributed by atoms with Crippen LogP contribution in [-0.2, 0) is 55.8 Å². The molecule has 0 aromatic heterocycles. The number of aliphatic hydroxyl groups is 2. The molecule has 0 saturated carbocycles. The second-order valence-corrected chi connectivity index (χ2v) is 29.4. The predicted molar refractivity (Wildman–Crippen MR) is 435 cm³/mol. The monoisotopic (exact) mass is 1510 g/mol. The summed E-state index contributed by atoms with van der Waals surface area (Å²) in [7, 11) is -9.82. The van der Waals surface area contributed by atoms with Crippen molar-refractivity contribution in [1.82, 2.24) is 0 Å². The van der Waals surface area contributed by atoms with Crippen LogP contribution in [0.5, 0.6) is 0 Å². The number of unbranched alkanes of at least 4 members (excludes halogenated alkanes) is 24. The molecule has 4 N–H and O–H groups in total. The van der Waals surface area contributed by atoms with Gasteiger partial charge in [0.25, 0.3) is 0 Å². The van der Waals surface area contributed by atoms with Crippen molar-refractivity contribution in [3.8, 4) is 0 Å². The van der Waals surface area contributed by atoms with Crippen molar-refractivity contribution in [1.29, 1.82) is 0 Å². The summed E-state index contributed by atoms with van der Waals surface area (Å²) >= 11 is 0. The van der Waals surface area contributed by atoms with Gasteiger partial charge in [-0.05, 0) is 154 Å². The quantitative estimate of drug-likeness (QED) is 0.0146. The normalized spacial score (nSPS) is 14.8. The van der Waals surface area contributed by atoms with Gasteiger partial charge in [0.05, 0.1) is 26.4 Å². The van der Waals surface area contributed by atoms with Crippen LogP contribution in [0.25, 0.3) is 0 Å². The Morgan fingerprint density at radius 2 is 0.505 bits per heavy atom. The predicted octanol–water partition coefficient (Wildman–Crippen LogP) is 24.0. The Labute approximate surface area is 637 Å². The lowest BCUT2D eigenvalue weighted by atomic mass is 10.0. The fourth-order valence-electron chi connectivity index (χ4n) is 10.3. The average Bonchev–Trinajstić information content (AvgIpc) is 0.921. The van der Waals surface area contributed by atoms with Crippen molar-refractivity contribution in [3.63, 3.8) is 0 Å². The maximum absolute atomic E-state index is 13.0. The third kappa shape index (κ3) is 79.8. The van der Waals surface area contributed by atoms with Gasteiger partial charge in [-0.15, -0.1) is 0 Å². The lowest BCUT2D eigenvalue weighted by Gasteiger charge is -2.21. The molecule has 0 bridgehead atoms. The first-order valence-corrected chi connectivity index (χ1v) is 43.4. The highest BCUT2D eigenvalue weighted by atomic mass is 31.2. The zero-order chi connectivity index (χ0) is 76.6. The van der Waals surface area contributed by atoms with Gasteiger partial charge in [-0.3, -0.25) is 32.5 Å². The first kappa shape index (κ1) is 99.9. The molecule has 598 valence electrons. The molecule has 0 radical (unpaired) electrons. The molecular formula is C87H144O16P2. The van der Waals surface area contributed by atoms with Gasteiger partial charge in [0.15, 0.2) is 6.10 Å².